The first kappa shape index (κ1) is 15.0. The molecule has 1 saturated carbocycles. The molecular weight excluding hydrogens is 296 g/mol. The Bertz CT molecular complexity index is 566. The number of amides is 1. The first-order valence-corrected chi connectivity index (χ1v) is 8.06. The van der Waals surface area contributed by atoms with E-state index in [4.69, 9.17) is 9.47 Å². The quantitative estimate of drug-likeness (QED) is 0.740. The Morgan fingerprint density at radius 3 is 2.78 bits per heavy atom. The van der Waals surface area contributed by atoms with E-state index in [0.29, 0.717) is 12.6 Å². The molecule has 2 heterocycles. The molecule has 1 aromatic carbocycles. The zero-order valence-corrected chi connectivity index (χ0v) is 13.1. The molecule has 3 aliphatic rings. The first-order chi connectivity index (χ1) is 11.2. The van der Waals surface area contributed by atoms with Crippen LogP contribution < -0.4 is 16.2 Å². The number of hydrogen-bond acceptors (Lipinski definition) is 6. The number of rotatable bonds is 4. The predicted molar refractivity (Wildman–Crippen MR) is 82.5 cm³/mol. The summed E-state index contributed by atoms with van der Waals surface area (Å²) < 4.78 is 11.6. The summed E-state index contributed by atoms with van der Waals surface area (Å²) in [7, 11) is 1.89. The first-order valence-electron chi connectivity index (χ1n) is 8.06. The van der Waals surface area contributed by atoms with Crippen molar-refractivity contribution in [2.24, 2.45) is 5.92 Å². The van der Waals surface area contributed by atoms with E-state index in [1.165, 1.54) is 12.8 Å². The van der Waals surface area contributed by atoms with E-state index in [1.807, 2.05) is 42.3 Å². The highest BCUT2D eigenvalue weighted by atomic mass is 16.6. The van der Waals surface area contributed by atoms with E-state index in [0.717, 1.165) is 5.56 Å². The number of likely N-dealkylation sites (N-methyl/N-ethyl adjacent to an activating group) is 1. The summed E-state index contributed by atoms with van der Waals surface area (Å²) in [5.41, 5.74) is 7.08. The van der Waals surface area contributed by atoms with Gasteiger partial charge in [0.25, 0.3) is 0 Å². The van der Waals surface area contributed by atoms with Crippen LogP contribution in [0.5, 0.6) is 0 Å². The maximum atomic E-state index is 12.7. The summed E-state index contributed by atoms with van der Waals surface area (Å²) in [6.45, 7) is 0.430. The fourth-order valence-corrected chi connectivity index (χ4v) is 3.14. The van der Waals surface area contributed by atoms with Gasteiger partial charge >= 0.3 is 0 Å². The third-order valence-electron chi connectivity index (χ3n) is 4.58. The lowest BCUT2D eigenvalue weighted by atomic mass is 10.0. The summed E-state index contributed by atoms with van der Waals surface area (Å²) in [6.07, 6.45) is 1.57. The molecule has 3 N–H and O–H groups in total. The molecular formula is C16H22N4O3. The summed E-state index contributed by atoms with van der Waals surface area (Å²) in [4.78, 5) is 14.6. The molecule has 2 aliphatic heterocycles. The molecule has 1 amide bonds. The number of carbonyl (C=O) groups excluding carboxylic acids is 1. The Labute approximate surface area is 135 Å². The van der Waals surface area contributed by atoms with Crippen molar-refractivity contribution in [1.29, 1.82) is 0 Å². The number of hydrazine groups is 1. The maximum absolute atomic E-state index is 12.7. The van der Waals surface area contributed by atoms with Gasteiger partial charge in [0, 0.05) is 0 Å². The molecule has 0 bridgehead atoms. The topological polar surface area (TPSA) is 74.9 Å². The van der Waals surface area contributed by atoms with E-state index >= 15 is 0 Å². The molecule has 4 atom stereocenters. The lowest BCUT2D eigenvalue weighted by Crippen LogP contribution is -2.52. The lowest BCUT2D eigenvalue weighted by molar-refractivity contribution is -0.130. The Morgan fingerprint density at radius 1 is 1.26 bits per heavy atom. The molecule has 23 heavy (non-hydrogen) atoms. The van der Waals surface area contributed by atoms with Crippen LogP contribution in [0, 0.1) is 5.92 Å². The standard InChI is InChI=1S/C16H22N4O3/c1-20-9-22-13(10-5-3-2-4-6-10)12(20)14(21)17-16-19-18-15(23-16)11-7-8-11/h2-6,11-13,15-16,18-19H,7-9H2,1H3,(H,17,21). The van der Waals surface area contributed by atoms with E-state index in [2.05, 4.69) is 16.2 Å². The van der Waals surface area contributed by atoms with Gasteiger partial charge in [-0.25, -0.2) is 10.9 Å². The molecule has 1 aliphatic carbocycles. The second-order valence-corrected chi connectivity index (χ2v) is 6.40. The number of ether oxygens (including phenoxy) is 2. The third kappa shape index (κ3) is 3.11. The minimum atomic E-state index is -0.501. The molecule has 4 unspecified atom stereocenters. The number of carbonyl (C=O) groups is 1. The summed E-state index contributed by atoms with van der Waals surface area (Å²) in [5.74, 6) is 0.452. The Balaban J connectivity index is 1.41. The Hall–Kier alpha value is -1.51. The third-order valence-corrected chi connectivity index (χ3v) is 4.58. The van der Waals surface area contributed by atoms with Crippen LogP contribution in [-0.4, -0.2) is 43.2 Å². The van der Waals surface area contributed by atoms with E-state index in [1.54, 1.807) is 0 Å². The van der Waals surface area contributed by atoms with Crippen molar-refractivity contribution in [3.05, 3.63) is 35.9 Å². The summed E-state index contributed by atoms with van der Waals surface area (Å²) >= 11 is 0. The van der Waals surface area contributed by atoms with Crippen molar-refractivity contribution in [1.82, 2.24) is 21.1 Å². The Kier molecular flexibility index (Phi) is 4.04. The number of hydrogen-bond donors (Lipinski definition) is 3. The van der Waals surface area contributed by atoms with Crippen LogP contribution in [0.1, 0.15) is 24.5 Å². The normalized spacial score (nSPS) is 34.7. The molecule has 7 nitrogen and oxygen atoms in total. The molecule has 0 spiro atoms. The highest BCUT2D eigenvalue weighted by Gasteiger charge is 2.42. The van der Waals surface area contributed by atoms with Gasteiger partial charge in [-0.3, -0.25) is 9.69 Å². The highest BCUT2D eigenvalue weighted by Crippen LogP contribution is 2.34. The van der Waals surface area contributed by atoms with Crippen LogP contribution in [0.25, 0.3) is 0 Å². The van der Waals surface area contributed by atoms with Crippen LogP contribution in [0.3, 0.4) is 0 Å². The molecule has 124 valence electrons. The fraction of sp³-hybridized carbons (Fsp3) is 0.562. The van der Waals surface area contributed by atoms with Gasteiger partial charge in [-0.05, 0) is 31.4 Å². The fourth-order valence-electron chi connectivity index (χ4n) is 3.14. The second-order valence-electron chi connectivity index (χ2n) is 6.40. The zero-order valence-electron chi connectivity index (χ0n) is 13.1. The van der Waals surface area contributed by atoms with Gasteiger partial charge in [-0.2, -0.15) is 0 Å². The van der Waals surface area contributed by atoms with E-state index < -0.39 is 6.35 Å². The van der Waals surface area contributed by atoms with E-state index in [-0.39, 0.29) is 24.3 Å². The SMILES string of the molecule is CN1COC(c2ccccc2)C1C(=O)NC1NNC(C2CC2)O1. The number of nitrogens with zero attached hydrogens (tertiary/aromatic N) is 1. The maximum Gasteiger partial charge on any atom is 0.243 e. The zero-order chi connectivity index (χ0) is 15.8. The highest BCUT2D eigenvalue weighted by molar-refractivity contribution is 5.83. The average Bonchev–Trinajstić information content (AvgIpc) is 3.19. The Morgan fingerprint density at radius 2 is 2.04 bits per heavy atom. The molecule has 0 radical (unpaired) electrons. The van der Waals surface area contributed by atoms with Crippen molar-refractivity contribution >= 4 is 5.91 Å². The molecule has 7 heteroatoms. The molecule has 4 rings (SSSR count). The van der Waals surface area contributed by atoms with E-state index in [9.17, 15) is 4.79 Å². The minimum absolute atomic E-state index is 0.0113. The molecule has 0 aromatic heterocycles. The van der Waals surface area contributed by atoms with Crippen molar-refractivity contribution < 1.29 is 14.3 Å². The van der Waals surface area contributed by atoms with Crippen molar-refractivity contribution in [3.63, 3.8) is 0 Å². The van der Waals surface area contributed by atoms with Gasteiger partial charge in [-0.15, -0.1) is 0 Å². The van der Waals surface area contributed by atoms with Gasteiger partial charge in [-0.1, -0.05) is 30.3 Å². The summed E-state index contributed by atoms with van der Waals surface area (Å²) in [6, 6.07) is 9.47. The van der Waals surface area contributed by atoms with Crippen LogP contribution in [0.4, 0.5) is 0 Å². The molecule has 3 fully saturated rings. The van der Waals surface area contributed by atoms with Crippen LogP contribution >= 0.6 is 0 Å². The van der Waals surface area contributed by atoms with Crippen molar-refractivity contribution in [2.75, 3.05) is 13.8 Å². The van der Waals surface area contributed by atoms with Crippen LogP contribution in [-0.2, 0) is 14.3 Å². The lowest BCUT2D eigenvalue weighted by Gasteiger charge is -2.23. The van der Waals surface area contributed by atoms with Gasteiger partial charge in [0.05, 0.1) is 0 Å². The predicted octanol–water partition coefficient (Wildman–Crippen LogP) is 0.276. The monoisotopic (exact) mass is 318 g/mol. The van der Waals surface area contributed by atoms with Crippen molar-refractivity contribution in [3.8, 4) is 0 Å². The van der Waals surface area contributed by atoms with Crippen LogP contribution in [0.15, 0.2) is 30.3 Å². The largest absolute Gasteiger partial charge is 0.356 e. The van der Waals surface area contributed by atoms with Gasteiger partial charge in [0.1, 0.15) is 25.1 Å². The van der Waals surface area contributed by atoms with Gasteiger partial charge in [0.15, 0.2) is 0 Å². The number of nitrogens with one attached hydrogen (secondary N) is 3. The average molecular weight is 318 g/mol. The summed E-state index contributed by atoms with van der Waals surface area (Å²) in [5, 5.41) is 2.91. The van der Waals surface area contributed by atoms with Crippen molar-refractivity contribution in [2.45, 2.75) is 37.6 Å². The molecule has 2 saturated heterocycles. The number of benzene rings is 1. The van der Waals surface area contributed by atoms with Crippen LogP contribution in [0.2, 0.25) is 0 Å². The minimum Gasteiger partial charge on any atom is -0.356 e. The van der Waals surface area contributed by atoms with Gasteiger partial charge < -0.3 is 14.8 Å². The molecule has 1 aromatic rings. The second kappa shape index (κ2) is 6.18. The smallest absolute Gasteiger partial charge is 0.243 e. The van der Waals surface area contributed by atoms with Gasteiger partial charge in [0.2, 0.25) is 12.3 Å².